The van der Waals surface area contributed by atoms with Crippen LogP contribution in [-0.4, -0.2) is 7.05 Å². The number of para-hydroxylation sites is 3. The lowest BCUT2D eigenvalue weighted by atomic mass is 10.2. The monoisotopic (exact) mass is 396 g/mol. The largest absolute Gasteiger partial charge is 0.276 e. The summed E-state index contributed by atoms with van der Waals surface area (Å²) < 4.78 is 0. The summed E-state index contributed by atoms with van der Waals surface area (Å²) >= 11 is 0. The Balaban J connectivity index is 0.000000806. The highest BCUT2D eigenvalue weighted by Crippen LogP contribution is 2.31. The van der Waals surface area contributed by atoms with Gasteiger partial charge in [0.1, 0.15) is 0 Å². The summed E-state index contributed by atoms with van der Waals surface area (Å²) in [6.45, 7) is 0.772. The molecule has 0 aromatic heterocycles. The van der Waals surface area contributed by atoms with Crippen LogP contribution in [-0.2, 0) is 6.54 Å². The van der Waals surface area contributed by atoms with Crippen LogP contribution in [0, 0.1) is 0 Å². The molecule has 30 heavy (non-hydrogen) atoms. The van der Waals surface area contributed by atoms with Crippen LogP contribution in [0.1, 0.15) is 5.56 Å². The van der Waals surface area contributed by atoms with E-state index in [-0.39, 0.29) is 0 Å². The van der Waals surface area contributed by atoms with Gasteiger partial charge in [0.2, 0.25) is 0 Å². The third-order valence-corrected chi connectivity index (χ3v) is 4.47. The maximum absolute atomic E-state index is 4.60. The van der Waals surface area contributed by atoms with E-state index in [1.54, 1.807) is 7.05 Å². The van der Waals surface area contributed by atoms with E-state index < -0.39 is 0 Å². The third kappa shape index (κ3) is 5.70. The highest BCUT2D eigenvalue weighted by molar-refractivity contribution is 5.69. The van der Waals surface area contributed by atoms with E-state index >= 15 is 0 Å². The van der Waals surface area contributed by atoms with Gasteiger partial charge in [0.15, 0.2) is 0 Å². The van der Waals surface area contributed by atoms with Gasteiger partial charge in [-0.1, -0.05) is 84.9 Å². The number of anilines is 3. The zero-order valence-corrected chi connectivity index (χ0v) is 17.2. The van der Waals surface area contributed by atoms with Crippen molar-refractivity contribution in [1.82, 2.24) is 5.43 Å². The predicted octanol–water partition coefficient (Wildman–Crippen LogP) is 5.53. The second-order valence-electron chi connectivity index (χ2n) is 6.65. The molecule has 0 aliphatic carbocycles. The Bertz CT molecular complexity index is 921. The number of benzene rings is 4. The SMILES string of the molecule is CNN.c1ccc(CN(c2ccccc2)N(c2ccccc2)c2ccccc2)cc1. The summed E-state index contributed by atoms with van der Waals surface area (Å²) in [4.78, 5) is 0. The van der Waals surface area contributed by atoms with Gasteiger partial charge in [-0.05, 0) is 49.0 Å². The highest BCUT2D eigenvalue weighted by atomic mass is 15.6. The van der Waals surface area contributed by atoms with E-state index in [2.05, 4.69) is 143 Å². The van der Waals surface area contributed by atoms with Crippen LogP contribution in [0.3, 0.4) is 0 Å². The topological polar surface area (TPSA) is 44.5 Å². The van der Waals surface area contributed by atoms with Gasteiger partial charge in [0, 0.05) is 0 Å². The first kappa shape index (κ1) is 21.1. The highest BCUT2D eigenvalue weighted by Gasteiger charge is 2.19. The maximum atomic E-state index is 4.60. The van der Waals surface area contributed by atoms with Crippen molar-refractivity contribution >= 4 is 17.1 Å². The van der Waals surface area contributed by atoms with Crippen LogP contribution in [0.2, 0.25) is 0 Å². The number of hydrogen-bond donors (Lipinski definition) is 2. The molecule has 3 N–H and O–H groups in total. The van der Waals surface area contributed by atoms with E-state index in [0.717, 1.165) is 23.6 Å². The quantitative estimate of drug-likeness (QED) is 0.332. The summed E-state index contributed by atoms with van der Waals surface area (Å²) in [7, 11) is 1.65. The summed E-state index contributed by atoms with van der Waals surface area (Å²) in [6, 6.07) is 42.1. The fourth-order valence-corrected chi connectivity index (χ4v) is 3.20. The Morgan fingerprint density at radius 2 is 0.900 bits per heavy atom. The lowest BCUT2D eigenvalue weighted by Gasteiger charge is -2.38. The van der Waals surface area contributed by atoms with Crippen molar-refractivity contribution < 1.29 is 0 Å². The molecule has 0 atom stereocenters. The van der Waals surface area contributed by atoms with Crippen molar-refractivity contribution in [2.75, 3.05) is 17.1 Å². The first-order chi connectivity index (χ1) is 14.8. The Kier molecular flexibility index (Phi) is 8.03. The van der Waals surface area contributed by atoms with Gasteiger partial charge in [0.05, 0.1) is 23.6 Å². The molecule has 0 fully saturated rings. The Morgan fingerprint density at radius 1 is 0.567 bits per heavy atom. The molecular weight excluding hydrogens is 368 g/mol. The van der Waals surface area contributed by atoms with Gasteiger partial charge in [-0.3, -0.25) is 21.3 Å². The van der Waals surface area contributed by atoms with Gasteiger partial charge in [-0.25, -0.2) is 0 Å². The van der Waals surface area contributed by atoms with Crippen molar-refractivity contribution in [2.24, 2.45) is 5.84 Å². The van der Waals surface area contributed by atoms with E-state index in [4.69, 9.17) is 0 Å². The zero-order valence-electron chi connectivity index (χ0n) is 17.2. The molecule has 0 radical (unpaired) electrons. The van der Waals surface area contributed by atoms with E-state index in [1.807, 2.05) is 0 Å². The molecule has 0 heterocycles. The lowest BCUT2D eigenvalue weighted by Crippen LogP contribution is -2.39. The third-order valence-electron chi connectivity index (χ3n) is 4.47. The minimum absolute atomic E-state index is 0.772. The molecule has 0 saturated carbocycles. The van der Waals surface area contributed by atoms with Crippen molar-refractivity contribution in [3.05, 3.63) is 127 Å². The fourth-order valence-electron chi connectivity index (χ4n) is 3.20. The van der Waals surface area contributed by atoms with Crippen LogP contribution >= 0.6 is 0 Å². The van der Waals surface area contributed by atoms with Gasteiger partial charge >= 0.3 is 0 Å². The first-order valence-electron chi connectivity index (χ1n) is 9.97. The standard InChI is InChI=1S/C25H22N2.CH6N2/c1-5-13-22(14-6-1)21-26(23-15-7-2-8-16-23)27(24-17-9-3-10-18-24)25-19-11-4-12-20-25;1-3-2/h1-20H,21H2;3H,2H2,1H3. The van der Waals surface area contributed by atoms with Crippen LogP contribution < -0.4 is 21.3 Å². The summed E-state index contributed by atoms with van der Waals surface area (Å²) in [6.07, 6.45) is 0. The van der Waals surface area contributed by atoms with Crippen molar-refractivity contribution in [1.29, 1.82) is 0 Å². The van der Waals surface area contributed by atoms with Crippen LogP contribution in [0.15, 0.2) is 121 Å². The number of hydrogen-bond acceptors (Lipinski definition) is 4. The summed E-state index contributed by atoms with van der Waals surface area (Å²) in [5, 5.41) is 4.60. The fraction of sp³-hybridized carbons (Fsp3) is 0.0769. The molecule has 0 saturated heterocycles. The van der Waals surface area contributed by atoms with Crippen LogP contribution in [0.4, 0.5) is 17.1 Å². The zero-order chi connectivity index (χ0) is 21.0. The minimum atomic E-state index is 0.772. The molecule has 152 valence electrons. The van der Waals surface area contributed by atoms with E-state index in [9.17, 15) is 0 Å². The normalized spacial score (nSPS) is 9.93. The molecule has 0 spiro atoms. The number of nitrogens with one attached hydrogen (secondary N) is 1. The predicted molar refractivity (Wildman–Crippen MR) is 127 cm³/mol. The molecule has 0 aliphatic rings. The molecule has 4 nitrogen and oxygen atoms in total. The van der Waals surface area contributed by atoms with Crippen LogP contribution in [0.5, 0.6) is 0 Å². The first-order valence-corrected chi connectivity index (χ1v) is 9.97. The summed E-state index contributed by atoms with van der Waals surface area (Å²) in [5.41, 5.74) is 6.92. The minimum Gasteiger partial charge on any atom is -0.276 e. The smallest absolute Gasteiger partial charge is 0.0650 e. The number of nitrogens with two attached hydrogens (primary N) is 1. The molecule has 0 unspecified atom stereocenters. The lowest BCUT2D eigenvalue weighted by molar-refractivity contribution is 0.812. The molecule has 0 amide bonds. The second-order valence-corrected chi connectivity index (χ2v) is 6.65. The summed E-state index contributed by atoms with van der Waals surface area (Å²) in [5.74, 6) is 4.60. The van der Waals surface area contributed by atoms with Gasteiger partial charge in [-0.2, -0.15) is 0 Å². The Morgan fingerprint density at radius 3 is 1.30 bits per heavy atom. The van der Waals surface area contributed by atoms with Gasteiger partial charge in [0.25, 0.3) is 0 Å². The molecular formula is C26H28N4. The van der Waals surface area contributed by atoms with Gasteiger partial charge < -0.3 is 0 Å². The molecule has 0 bridgehead atoms. The van der Waals surface area contributed by atoms with Gasteiger partial charge in [-0.15, -0.1) is 0 Å². The van der Waals surface area contributed by atoms with E-state index in [1.165, 1.54) is 5.56 Å². The number of nitrogens with zero attached hydrogens (tertiary/aromatic N) is 2. The molecule has 0 aliphatic heterocycles. The molecule has 4 rings (SSSR count). The van der Waals surface area contributed by atoms with Crippen molar-refractivity contribution in [2.45, 2.75) is 6.54 Å². The molecule has 4 aromatic rings. The van der Waals surface area contributed by atoms with Crippen molar-refractivity contribution in [3.8, 4) is 0 Å². The van der Waals surface area contributed by atoms with Crippen LogP contribution in [0.25, 0.3) is 0 Å². The average Bonchev–Trinajstić information content (AvgIpc) is 2.82. The number of rotatable bonds is 6. The Labute approximate surface area is 179 Å². The van der Waals surface area contributed by atoms with E-state index in [0.29, 0.717) is 0 Å². The number of hydrazine groups is 2. The maximum Gasteiger partial charge on any atom is 0.0650 e. The average molecular weight is 397 g/mol. The Hall–Kier alpha value is -3.60. The van der Waals surface area contributed by atoms with Crippen molar-refractivity contribution in [3.63, 3.8) is 0 Å². The second kappa shape index (κ2) is 11.4. The molecule has 4 heteroatoms. The molecule has 4 aromatic carbocycles.